The van der Waals surface area contributed by atoms with Crippen LogP contribution in [0.2, 0.25) is 0 Å². The van der Waals surface area contributed by atoms with Crippen molar-refractivity contribution in [2.45, 2.75) is 51.9 Å². The molecule has 4 atom stereocenters. The van der Waals surface area contributed by atoms with Crippen molar-refractivity contribution < 1.29 is 0 Å². The molecule has 94 valence electrons. The van der Waals surface area contributed by atoms with E-state index in [9.17, 15) is 0 Å². The van der Waals surface area contributed by atoms with Crippen LogP contribution in [0, 0.1) is 5.92 Å². The van der Waals surface area contributed by atoms with Crippen LogP contribution < -0.4 is 5.73 Å². The van der Waals surface area contributed by atoms with Gasteiger partial charge in [0.05, 0.1) is 0 Å². The smallest absolute Gasteiger partial charge is 0.0240 e. The average Bonchev–Trinajstić information content (AvgIpc) is 2.33. The van der Waals surface area contributed by atoms with Crippen molar-refractivity contribution in [2.75, 3.05) is 0 Å². The van der Waals surface area contributed by atoms with E-state index in [1.165, 1.54) is 12.0 Å². The first kappa shape index (κ1) is 12.6. The Morgan fingerprint density at radius 1 is 1.18 bits per heavy atom. The lowest BCUT2D eigenvalue weighted by Crippen LogP contribution is -2.57. The molecule has 0 amide bonds. The molecule has 0 aliphatic carbocycles. The summed E-state index contributed by atoms with van der Waals surface area (Å²) < 4.78 is 0. The fourth-order valence-corrected chi connectivity index (χ4v) is 3.02. The number of hydrogen-bond acceptors (Lipinski definition) is 2. The zero-order valence-corrected chi connectivity index (χ0v) is 11.1. The summed E-state index contributed by atoms with van der Waals surface area (Å²) in [6.07, 6.45) is 1.21. The topological polar surface area (TPSA) is 29.3 Å². The van der Waals surface area contributed by atoms with Crippen LogP contribution in [0.5, 0.6) is 0 Å². The van der Waals surface area contributed by atoms with Crippen LogP contribution in [0.3, 0.4) is 0 Å². The maximum absolute atomic E-state index is 6.29. The quantitative estimate of drug-likeness (QED) is 0.849. The Labute approximate surface area is 105 Å². The van der Waals surface area contributed by atoms with E-state index < -0.39 is 0 Å². The lowest BCUT2D eigenvalue weighted by Gasteiger charge is -2.45. The van der Waals surface area contributed by atoms with E-state index in [-0.39, 0.29) is 0 Å². The first-order valence-corrected chi connectivity index (χ1v) is 6.65. The highest BCUT2D eigenvalue weighted by Crippen LogP contribution is 2.28. The van der Waals surface area contributed by atoms with Crippen molar-refractivity contribution in [2.24, 2.45) is 11.7 Å². The molecule has 2 heteroatoms. The summed E-state index contributed by atoms with van der Waals surface area (Å²) in [6.45, 7) is 7.88. The molecule has 2 rings (SSSR count). The molecule has 0 aromatic heterocycles. The standard InChI is InChI=1S/C15H24N2/c1-11-9-12(2)17(13(3)15(11)16)10-14-7-5-4-6-8-14/h4-8,11-13,15H,9-10,16H2,1-3H3/t11-,12+,13-,15+/m1/s1. The van der Waals surface area contributed by atoms with Crippen molar-refractivity contribution in [3.05, 3.63) is 35.9 Å². The molecule has 2 N–H and O–H groups in total. The number of piperidine rings is 1. The Hall–Kier alpha value is -0.860. The summed E-state index contributed by atoms with van der Waals surface area (Å²) in [5.41, 5.74) is 7.67. The molecule has 2 nitrogen and oxygen atoms in total. The maximum Gasteiger partial charge on any atom is 0.0240 e. The highest BCUT2D eigenvalue weighted by molar-refractivity contribution is 5.15. The molecule has 0 saturated carbocycles. The average molecular weight is 232 g/mol. The largest absolute Gasteiger partial charge is 0.326 e. The minimum atomic E-state index is 0.301. The monoisotopic (exact) mass is 232 g/mol. The maximum atomic E-state index is 6.29. The second-order valence-electron chi connectivity index (χ2n) is 5.54. The van der Waals surface area contributed by atoms with E-state index in [0.717, 1.165) is 6.54 Å². The molecule has 0 spiro atoms. The molecular weight excluding hydrogens is 208 g/mol. The minimum absolute atomic E-state index is 0.301. The van der Waals surface area contributed by atoms with Crippen molar-refractivity contribution in [3.8, 4) is 0 Å². The molecule has 1 aliphatic rings. The van der Waals surface area contributed by atoms with Gasteiger partial charge >= 0.3 is 0 Å². The Morgan fingerprint density at radius 2 is 1.82 bits per heavy atom. The lowest BCUT2D eigenvalue weighted by molar-refractivity contribution is 0.0500. The summed E-state index contributed by atoms with van der Waals surface area (Å²) in [4.78, 5) is 2.54. The zero-order chi connectivity index (χ0) is 12.4. The molecule has 1 saturated heterocycles. The van der Waals surface area contributed by atoms with E-state index in [0.29, 0.717) is 24.0 Å². The normalized spacial score (nSPS) is 34.8. The van der Waals surface area contributed by atoms with E-state index in [2.05, 4.69) is 56.0 Å². The number of likely N-dealkylation sites (tertiary alicyclic amines) is 1. The summed E-state index contributed by atoms with van der Waals surface area (Å²) in [5, 5.41) is 0. The summed E-state index contributed by atoms with van der Waals surface area (Å²) in [6, 6.07) is 12.1. The van der Waals surface area contributed by atoms with Crippen molar-refractivity contribution >= 4 is 0 Å². The van der Waals surface area contributed by atoms with Gasteiger partial charge in [-0.25, -0.2) is 0 Å². The third-order valence-electron chi connectivity index (χ3n) is 4.22. The first-order valence-electron chi connectivity index (χ1n) is 6.65. The number of rotatable bonds is 2. The minimum Gasteiger partial charge on any atom is -0.326 e. The van der Waals surface area contributed by atoms with E-state index in [1.54, 1.807) is 0 Å². The molecule has 0 radical (unpaired) electrons. The van der Waals surface area contributed by atoms with Gasteiger partial charge in [-0.3, -0.25) is 4.90 Å². The molecule has 1 aliphatic heterocycles. The SMILES string of the molecule is C[C@@H]1C[C@H](C)N(Cc2ccccc2)[C@H](C)[C@H]1N. The second-order valence-corrected chi connectivity index (χ2v) is 5.54. The van der Waals surface area contributed by atoms with Crippen LogP contribution in [0.25, 0.3) is 0 Å². The van der Waals surface area contributed by atoms with Gasteiger partial charge in [0.1, 0.15) is 0 Å². The molecule has 0 unspecified atom stereocenters. The van der Waals surface area contributed by atoms with Crippen LogP contribution in [-0.4, -0.2) is 23.0 Å². The van der Waals surface area contributed by atoms with Gasteiger partial charge in [-0.15, -0.1) is 0 Å². The van der Waals surface area contributed by atoms with E-state index >= 15 is 0 Å². The van der Waals surface area contributed by atoms with Crippen molar-refractivity contribution in [3.63, 3.8) is 0 Å². The van der Waals surface area contributed by atoms with Gasteiger partial charge in [0.25, 0.3) is 0 Å². The lowest BCUT2D eigenvalue weighted by atomic mass is 9.84. The third-order valence-corrected chi connectivity index (χ3v) is 4.22. The molecule has 1 fully saturated rings. The highest BCUT2D eigenvalue weighted by Gasteiger charge is 2.34. The Kier molecular flexibility index (Phi) is 3.85. The summed E-state index contributed by atoms with van der Waals surface area (Å²) in [5.74, 6) is 0.632. The Balaban J connectivity index is 2.09. The van der Waals surface area contributed by atoms with Crippen LogP contribution in [0.1, 0.15) is 32.8 Å². The van der Waals surface area contributed by atoms with E-state index in [1.807, 2.05) is 0 Å². The van der Waals surface area contributed by atoms with Crippen LogP contribution in [0.15, 0.2) is 30.3 Å². The van der Waals surface area contributed by atoms with Gasteiger partial charge in [0.2, 0.25) is 0 Å². The van der Waals surface area contributed by atoms with E-state index in [4.69, 9.17) is 5.73 Å². The van der Waals surface area contributed by atoms with Gasteiger partial charge in [0, 0.05) is 24.7 Å². The number of nitrogens with two attached hydrogens (primary N) is 1. The van der Waals surface area contributed by atoms with Crippen LogP contribution >= 0.6 is 0 Å². The molecule has 0 bridgehead atoms. The third kappa shape index (κ3) is 2.70. The van der Waals surface area contributed by atoms with Crippen LogP contribution in [-0.2, 0) is 6.54 Å². The van der Waals surface area contributed by atoms with Crippen LogP contribution in [0.4, 0.5) is 0 Å². The van der Waals surface area contributed by atoms with Crippen molar-refractivity contribution in [1.29, 1.82) is 0 Å². The molecule has 1 aromatic rings. The fourth-order valence-electron chi connectivity index (χ4n) is 3.02. The van der Waals surface area contributed by atoms with Gasteiger partial charge < -0.3 is 5.73 Å². The Bertz CT molecular complexity index is 349. The second kappa shape index (κ2) is 5.19. The van der Waals surface area contributed by atoms with Gasteiger partial charge in [-0.05, 0) is 31.7 Å². The first-order chi connectivity index (χ1) is 8.09. The summed E-state index contributed by atoms with van der Waals surface area (Å²) in [7, 11) is 0. The summed E-state index contributed by atoms with van der Waals surface area (Å²) >= 11 is 0. The predicted molar refractivity (Wildman–Crippen MR) is 72.7 cm³/mol. The van der Waals surface area contributed by atoms with Gasteiger partial charge in [-0.1, -0.05) is 37.3 Å². The Morgan fingerprint density at radius 3 is 2.47 bits per heavy atom. The number of nitrogens with zero attached hydrogens (tertiary/aromatic N) is 1. The number of benzene rings is 1. The fraction of sp³-hybridized carbons (Fsp3) is 0.600. The molecule has 17 heavy (non-hydrogen) atoms. The molecular formula is C15H24N2. The highest BCUT2D eigenvalue weighted by atomic mass is 15.2. The van der Waals surface area contributed by atoms with Gasteiger partial charge in [-0.2, -0.15) is 0 Å². The molecule has 1 aromatic carbocycles. The zero-order valence-electron chi connectivity index (χ0n) is 11.1. The molecule has 1 heterocycles. The number of hydrogen-bond donors (Lipinski definition) is 1. The predicted octanol–water partition coefficient (Wildman–Crippen LogP) is 2.63. The van der Waals surface area contributed by atoms with Gasteiger partial charge in [0.15, 0.2) is 0 Å². The van der Waals surface area contributed by atoms with Crippen molar-refractivity contribution in [1.82, 2.24) is 4.90 Å².